The molecule has 96 valence electrons. The molecular formula is C18H12O2. The van der Waals surface area contributed by atoms with Crippen LogP contribution in [-0.2, 0) is 0 Å². The quantitative estimate of drug-likeness (QED) is 0.647. The van der Waals surface area contributed by atoms with Gasteiger partial charge in [0.05, 0.1) is 0 Å². The van der Waals surface area contributed by atoms with E-state index in [-0.39, 0.29) is 11.5 Å². The molecule has 2 nitrogen and oxygen atoms in total. The predicted octanol–water partition coefficient (Wildman–Crippen LogP) is 3.67. The Labute approximate surface area is 115 Å². The van der Waals surface area contributed by atoms with Crippen molar-refractivity contribution in [3.05, 3.63) is 65.1 Å². The van der Waals surface area contributed by atoms with Crippen LogP contribution in [0.1, 0.15) is 5.56 Å². The fourth-order valence-electron chi connectivity index (χ4n) is 2.88. The number of aliphatic hydroxyl groups is 1. The number of rotatable bonds is 0. The van der Waals surface area contributed by atoms with E-state index in [1.165, 1.54) is 0 Å². The van der Waals surface area contributed by atoms with Gasteiger partial charge in [-0.3, -0.25) is 0 Å². The van der Waals surface area contributed by atoms with E-state index in [0.717, 1.165) is 32.3 Å². The molecule has 0 unspecified atom stereocenters. The molecular weight excluding hydrogens is 248 g/mol. The van der Waals surface area contributed by atoms with Crippen LogP contribution in [0.2, 0.25) is 0 Å². The highest BCUT2D eigenvalue weighted by Crippen LogP contribution is 2.32. The molecule has 0 heterocycles. The molecule has 0 aromatic heterocycles. The molecule has 0 aliphatic heterocycles. The number of hydrogen-bond donors (Lipinski definition) is 2. The number of phenolic OH excluding ortho intramolecular Hbond substituents is 1. The first-order chi connectivity index (χ1) is 9.74. The number of aromatic hydroxyl groups is 1. The van der Waals surface area contributed by atoms with Gasteiger partial charge in [-0.25, -0.2) is 0 Å². The van der Waals surface area contributed by atoms with E-state index < -0.39 is 0 Å². The van der Waals surface area contributed by atoms with Crippen LogP contribution in [0, 0.1) is 0 Å². The molecule has 1 aliphatic carbocycles. The largest absolute Gasteiger partial charge is 0.508 e. The molecule has 0 amide bonds. The maximum atomic E-state index is 10.1. The Morgan fingerprint density at radius 2 is 1.70 bits per heavy atom. The fourth-order valence-corrected chi connectivity index (χ4v) is 2.88. The summed E-state index contributed by atoms with van der Waals surface area (Å²) in [5, 5.41) is 24.9. The average Bonchev–Trinajstić information content (AvgIpc) is 2.65. The molecule has 0 saturated carbocycles. The van der Waals surface area contributed by atoms with E-state index in [1.807, 2.05) is 42.5 Å². The first-order valence-electron chi connectivity index (χ1n) is 6.50. The second-order valence-corrected chi connectivity index (χ2v) is 5.01. The van der Waals surface area contributed by atoms with Crippen LogP contribution in [0.3, 0.4) is 0 Å². The van der Waals surface area contributed by atoms with Gasteiger partial charge in [-0.05, 0) is 45.8 Å². The van der Waals surface area contributed by atoms with E-state index in [4.69, 9.17) is 0 Å². The lowest BCUT2D eigenvalue weighted by Gasteiger charge is -2.10. The van der Waals surface area contributed by atoms with E-state index in [1.54, 1.807) is 18.2 Å². The van der Waals surface area contributed by atoms with Gasteiger partial charge in [0.25, 0.3) is 0 Å². The molecule has 0 bridgehead atoms. The van der Waals surface area contributed by atoms with Crippen molar-refractivity contribution in [3.8, 4) is 5.75 Å². The molecule has 3 aromatic rings. The van der Waals surface area contributed by atoms with Gasteiger partial charge in [-0.1, -0.05) is 36.4 Å². The molecule has 4 rings (SSSR count). The van der Waals surface area contributed by atoms with Gasteiger partial charge in [0.15, 0.2) is 0 Å². The van der Waals surface area contributed by atoms with Crippen LogP contribution in [-0.4, -0.2) is 10.2 Å². The minimum Gasteiger partial charge on any atom is -0.508 e. The van der Waals surface area contributed by atoms with Gasteiger partial charge in [-0.15, -0.1) is 0 Å². The summed E-state index contributed by atoms with van der Waals surface area (Å²) in [5.74, 6) is 0.514. The minimum atomic E-state index is 0.230. The predicted molar refractivity (Wildman–Crippen MR) is 82.5 cm³/mol. The maximum absolute atomic E-state index is 10.1. The normalized spacial score (nSPS) is 13.9. The summed E-state index contributed by atoms with van der Waals surface area (Å²) in [6, 6.07) is 11.7. The van der Waals surface area contributed by atoms with Crippen molar-refractivity contribution in [2.75, 3.05) is 0 Å². The standard InChI is InChI=1S/C18H12O2/c19-13-6-4-12-10-16-17(20)9-5-11-2-1-3-15(18(11)16)14(12)8-7-13/h1-10,19-20H. The smallest absolute Gasteiger partial charge is 0.123 e. The van der Waals surface area contributed by atoms with Crippen molar-refractivity contribution < 1.29 is 10.2 Å². The summed E-state index contributed by atoms with van der Waals surface area (Å²) in [6.45, 7) is 0. The Balaban J connectivity index is 2.32. The Morgan fingerprint density at radius 3 is 2.60 bits per heavy atom. The fraction of sp³-hybridized carbons (Fsp3) is 0. The molecule has 20 heavy (non-hydrogen) atoms. The molecule has 0 radical (unpaired) electrons. The Hall–Kier alpha value is -2.74. The minimum absolute atomic E-state index is 0.230. The van der Waals surface area contributed by atoms with Crippen molar-refractivity contribution in [3.63, 3.8) is 0 Å². The van der Waals surface area contributed by atoms with Crippen molar-refractivity contribution in [2.45, 2.75) is 0 Å². The molecule has 0 saturated heterocycles. The van der Waals surface area contributed by atoms with E-state index >= 15 is 0 Å². The molecule has 1 aliphatic rings. The molecule has 0 spiro atoms. The third-order valence-electron chi connectivity index (χ3n) is 3.82. The van der Waals surface area contributed by atoms with Crippen molar-refractivity contribution in [1.29, 1.82) is 0 Å². The van der Waals surface area contributed by atoms with E-state index in [2.05, 4.69) is 0 Å². The highest BCUT2D eigenvalue weighted by atomic mass is 16.3. The van der Waals surface area contributed by atoms with Gasteiger partial charge in [-0.2, -0.15) is 0 Å². The summed E-state index contributed by atoms with van der Waals surface area (Å²) < 4.78 is 0. The monoisotopic (exact) mass is 260 g/mol. The van der Waals surface area contributed by atoms with Crippen molar-refractivity contribution in [2.24, 2.45) is 0 Å². The van der Waals surface area contributed by atoms with Gasteiger partial charge < -0.3 is 10.2 Å². The van der Waals surface area contributed by atoms with Crippen LogP contribution in [0.25, 0.3) is 33.7 Å². The molecule has 3 aromatic carbocycles. The lowest BCUT2D eigenvalue weighted by molar-refractivity contribution is 0.434. The second-order valence-electron chi connectivity index (χ2n) is 5.01. The zero-order chi connectivity index (χ0) is 13.7. The van der Waals surface area contributed by atoms with Crippen LogP contribution in [0.5, 0.6) is 5.75 Å². The van der Waals surface area contributed by atoms with Crippen LogP contribution >= 0.6 is 0 Å². The average molecular weight is 260 g/mol. The summed E-state index contributed by atoms with van der Waals surface area (Å²) in [5.41, 5.74) is 0.992. The highest BCUT2D eigenvalue weighted by molar-refractivity contribution is 6.13. The number of aliphatic hydroxyl groups excluding tert-OH is 1. The first-order valence-corrected chi connectivity index (χ1v) is 6.50. The van der Waals surface area contributed by atoms with Crippen LogP contribution in [0.4, 0.5) is 0 Å². The summed E-state index contributed by atoms with van der Waals surface area (Å²) >= 11 is 0. The number of allylic oxidation sites excluding steroid dienone is 2. The lowest BCUT2D eigenvalue weighted by Crippen LogP contribution is -2.07. The van der Waals surface area contributed by atoms with Crippen LogP contribution in [0.15, 0.2) is 54.3 Å². The Morgan fingerprint density at radius 1 is 0.800 bits per heavy atom. The first kappa shape index (κ1) is 11.1. The number of benzene rings is 3. The molecule has 2 heteroatoms. The maximum Gasteiger partial charge on any atom is 0.123 e. The van der Waals surface area contributed by atoms with E-state index in [0.29, 0.717) is 0 Å². The van der Waals surface area contributed by atoms with Crippen molar-refractivity contribution >= 4 is 33.7 Å². The Bertz CT molecular complexity index is 962. The third-order valence-corrected chi connectivity index (χ3v) is 3.82. The second kappa shape index (κ2) is 3.87. The molecule has 0 fully saturated rings. The summed E-state index contributed by atoms with van der Waals surface area (Å²) in [7, 11) is 0. The van der Waals surface area contributed by atoms with Gasteiger partial charge in [0.2, 0.25) is 0 Å². The topological polar surface area (TPSA) is 40.5 Å². The third kappa shape index (κ3) is 1.45. The van der Waals surface area contributed by atoms with Gasteiger partial charge in [0, 0.05) is 10.8 Å². The zero-order valence-corrected chi connectivity index (χ0v) is 10.7. The lowest BCUT2D eigenvalue weighted by atomic mass is 9.95. The number of phenols is 1. The summed E-state index contributed by atoms with van der Waals surface area (Å²) in [4.78, 5) is 0. The van der Waals surface area contributed by atoms with E-state index in [9.17, 15) is 10.2 Å². The van der Waals surface area contributed by atoms with Crippen LogP contribution < -0.4 is 5.22 Å². The Kier molecular flexibility index (Phi) is 2.15. The molecule has 2 N–H and O–H groups in total. The van der Waals surface area contributed by atoms with Gasteiger partial charge >= 0.3 is 0 Å². The number of fused-ring (bicyclic) bond motifs is 2. The van der Waals surface area contributed by atoms with Gasteiger partial charge in [0.1, 0.15) is 11.5 Å². The SMILES string of the molecule is OC1=CC=c2c(cc3c(O)ccc4cccc2c43)C=C1. The van der Waals surface area contributed by atoms with Crippen molar-refractivity contribution in [1.82, 2.24) is 0 Å². The number of hydrogen-bond acceptors (Lipinski definition) is 2. The highest BCUT2D eigenvalue weighted by Gasteiger charge is 2.10. The molecule has 0 atom stereocenters. The summed E-state index contributed by atoms with van der Waals surface area (Å²) in [6.07, 6.45) is 7.15. The zero-order valence-electron chi connectivity index (χ0n) is 10.7.